The fraction of sp³-hybridized carbons (Fsp3) is 0.526. The van der Waals surface area contributed by atoms with Crippen molar-refractivity contribution in [3.63, 3.8) is 0 Å². The molecule has 0 aliphatic rings. The zero-order chi connectivity index (χ0) is 19.2. The van der Waals surface area contributed by atoms with Gasteiger partial charge in [-0.15, -0.1) is 0 Å². The zero-order valence-electron chi connectivity index (χ0n) is 15.5. The van der Waals surface area contributed by atoms with Gasteiger partial charge < -0.3 is 15.4 Å². The van der Waals surface area contributed by atoms with E-state index in [9.17, 15) is 14.4 Å². The molecular weight excluding hydrogens is 352 g/mol. The highest BCUT2D eigenvalue weighted by Gasteiger charge is 2.11. The highest BCUT2D eigenvalue weighted by molar-refractivity contribution is 7.99. The number of amides is 2. The molecule has 144 valence electrons. The molecule has 0 heterocycles. The third-order valence-electron chi connectivity index (χ3n) is 3.53. The van der Waals surface area contributed by atoms with Crippen molar-refractivity contribution < 1.29 is 19.1 Å². The molecule has 1 rings (SSSR count). The summed E-state index contributed by atoms with van der Waals surface area (Å²) in [5, 5.41) is 5.66. The number of unbranched alkanes of at least 4 members (excludes halogenated alkanes) is 2. The summed E-state index contributed by atoms with van der Waals surface area (Å²) in [6, 6.07) is 7.29. The minimum absolute atomic E-state index is 0.0206. The summed E-state index contributed by atoms with van der Waals surface area (Å²) in [5.74, 6) is -0.171. The molecule has 0 aliphatic heterocycles. The van der Waals surface area contributed by atoms with Crippen molar-refractivity contribution in [1.82, 2.24) is 10.6 Å². The molecular formula is C19H28N2O4S. The molecule has 0 fully saturated rings. The van der Waals surface area contributed by atoms with Gasteiger partial charge in [-0.25, -0.2) is 0 Å². The molecule has 2 N–H and O–H groups in total. The SMILES string of the molecule is CCCC(=O)OCSc1ccccc1C(=O)NCCCCCNC(C)=O. The van der Waals surface area contributed by atoms with Crippen LogP contribution < -0.4 is 10.6 Å². The van der Waals surface area contributed by atoms with Gasteiger partial charge in [-0.2, -0.15) is 0 Å². The summed E-state index contributed by atoms with van der Waals surface area (Å²) in [6.07, 6.45) is 3.85. The summed E-state index contributed by atoms with van der Waals surface area (Å²) >= 11 is 1.34. The molecule has 7 heteroatoms. The van der Waals surface area contributed by atoms with Crippen LogP contribution in [-0.4, -0.2) is 36.8 Å². The quantitative estimate of drug-likeness (QED) is 0.252. The van der Waals surface area contributed by atoms with E-state index in [0.29, 0.717) is 25.1 Å². The van der Waals surface area contributed by atoms with Crippen LogP contribution in [-0.2, 0) is 14.3 Å². The number of ether oxygens (including phenoxy) is 1. The molecule has 6 nitrogen and oxygen atoms in total. The van der Waals surface area contributed by atoms with Crippen molar-refractivity contribution in [3.8, 4) is 0 Å². The first-order chi connectivity index (χ1) is 12.5. The van der Waals surface area contributed by atoms with Crippen molar-refractivity contribution in [2.75, 3.05) is 19.0 Å². The summed E-state index contributed by atoms with van der Waals surface area (Å²) < 4.78 is 5.14. The number of benzene rings is 1. The first-order valence-electron chi connectivity index (χ1n) is 8.94. The van der Waals surface area contributed by atoms with Crippen molar-refractivity contribution in [2.24, 2.45) is 0 Å². The van der Waals surface area contributed by atoms with Gasteiger partial charge in [0, 0.05) is 31.3 Å². The Kier molecular flexibility index (Phi) is 11.2. The highest BCUT2D eigenvalue weighted by atomic mass is 32.2. The van der Waals surface area contributed by atoms with Crippen molar-refractivity contribution >= 4 is 29.5 Å². The van der Waals surface area contributed by atoms with E-state index >= 15 is 0 Å². The molecule has 0 saturated heterocycles. The fourth-order valence-electron chi connectivity index (χ4n) is 2.20. The average Bonchev–Trinajstić information content (AvgIpc) is 2.61. The van der Waals surface area contributed by atoms with Crippen molar-refractivity contribution in [2.45, 2.75) is 50.8 Å². The lowest BCUT2D eigenvalue weighted by molar-refractivity contribution is -0.141. The van der Waals surface area contributed by atoms with Gasteiger partial charge in [0.05, 0.1) is 5.56 Å². The molecule has 26 heavy (non-hydrogen) atoms. The second-order valence-corrected chi connectivity index (χ2v) is 6.79. The molecule has 0 aromatic heterocycles. The average molecular weight is 381 g/mol. The van der Waals surface area contributed by atoms with Crippen LogP contribution in [0.15, 0.2) is 29.2 Å². The molecule has 1 aromatic carbocycles. The Bertz CT molecular complexity index is 593. The summed E-state index contributed by atoms with van der Waals surface area (Å²) in [7, 11) is 0. The lowest BCUT2D eigenvalue weighted by atomic mass is 10.2. The maximum absolute atomic E-state index is 12.4. The normalized spacial score (nSPS) is 10.2. The van der Waals surface area contributed by atoms with E-state index in [1.165, 1.54) is 18.7 Å². The second-order valence-electron chi connectivity index (χ2n) is 5.82. The molecule has 0 spiro atoms. The predicted octanol–water partition coefficient (Wildman–Crippen LogP) is 3.12. The van der Waals surface area contributed by atoms with E-state index in [1.54, 1.807) is 6.07 Å². The highest BCUT2D eigenvalue weighted by Crippen LogP contribution is 2.23. The smallest absolute Gasteiger partial charge is 0.306 e. The minimum Gasteiger partial charge on any atom is -0.454 e. The van der Waals surface area contributed by atoms with Crippen LogP contribution in [0.3, 0.4) is 0 Å². The maximum atomic E-state index is 12.4. The number of hydrogen-bond donors (Lipinski definition) is 2. The monoisotopic (exact) mass is 380 g/mol. The molecule has 0 saturated carbocycles. The van der Waals surface area contributed by atoms with Crippen LogP contribution in [0.5, 0.6) is 0 Å². The van der Waals surface area contributed by atoms with Crippen molar-refractivity contribution in [3.05, 3.63) is 29.8 Å². The van der Waals surface area contributed by atoms with Gasteiger partial charge in [0.25, 0.3) is 5.91 Å². The van der Waals surface area contributed by atoms with E-state index in [2.05, 4.69) is 10.6 Å². The topological polar surface area (TPSA) is 84.5 Å². The molecule has 2 amide bonds. The fourth-order valence-corrected chi connectivity index (χ4v) is 3.01. The number of esters is 1. The maximum Gasteiger partial charge on any atom is 0.306 e. The van der Waals surface area contributed by atoms with Gasteiger partial charge in [-0.1, -0.05) is 30.8 Å². The van der Waals surface area contributed by atoms with Gasteiger partial charge in [0.1, 0.15) is 5.94 Å². The van der Waals surface area contributed by atoms with E-state index in [-0.39, 0.29) is 23.7 Å². The van der Waals surface area contributed by atoms with Crippen molar-refractivity contribution in [1.29, 1.82) is 0 Å². The largest absolute Gasteiger partial charge is 0.454 e. The summed E-state index contributed by atoms with van der Waals surface area (Å²) in [4.78, 5) is 35.3. The number of carbonyl (C=O) groups excluding carboxylic acids is 3. The lowest BCUT2D eigenvalue weighted by Gasteiger charge is -2.10. The number of carbonyl (C=O) groups is 3. The Morgan fingerprint density at radius 2 is 1.73 bits per heavy atom. The number of thioether (sulfide) groups is 1. The zero-order valence-corrected chi connectivity index (χ0v) is 16.3. The first kappa shape index (κ1) is 22.0. The van der Waals surface area contributed by atoms with E-state index in [0.717, 1.165) is 30.6 Å². The molecule has 0 aliphatic carbocycles. The Hall–Kier alpha value is -2.02. The van der Waals surface area contributed by atoms with Gasteiger partial charge in [-0.05, 0) is 37.8 Å². The molecule has 1 aromatic rings. The molecule has 0 bridgehead atoms. The van der Waals surface area contributed by atoms with Crippen LogP contribution in [0.1, 0.15) is 56.3 Å². The Morgan fingerprint density at radius 3 is 2.42 bits per heavy atom. The number of nitrogens with one attached hydrogen (secondary N) is 2. The van der Waals surface area contributed by atoms with Gasteiger partial charge in [0.15, 0.2) is 0 Å². The summed E-state index contributed by atoms with van der Waals surface area (Å²) in [5.41, 5.74) is 0.585. The minimum atomic E-state index is -0.221. The Morgan fingerprint density at radius 1 is 1.04 bits per heavy atom. The van der Waals surface area contributed by atoms with Gasteiger partial charge in [-0.3, -0.25) is 14.4 Å². The third-order valence-corrected chi connectivity index (χ3v) is 4.44. The molecule has 0 atom stereocenters. The Balaban J connectivity index is 2.34. The third kappa shape index (κ3) is 9.46. The lowest BCUT2D eigenvalue weighted by Crippen LogP contribution is -2.25. The van der Waals surface area contributed by atoms with Crippen LogP contribution in [0.25, 0.3) is 0 Å². The van der Waals surface area contributed by atoms with Gasteiger partial charge >= 0.3 is 5.97 Å². The number of rotatable bonds is 12. The van der Waals surface area contributed by atoms with Crippen LogP contribution in [0.2, 0.25) is 0 Å². The molecule has 0 radical (unpaired) electrons. The van der Waals surface area contributed by atoms with Crippen LogP contribution in [0.4, 0.5) is 0 Å². The predicted molar refractivity (Wildman–Crippen MR) is 103 cm³/mol. The van der Waals surface area contributed by atoms with E-state index in [1.807, 2.05) is 25.1 Å². The summed E-state index contributed by atoms with van der Waals surface area (Å²) in [6.45, 7) is 4.68. The van der Waals surface area contributed by atoms with Gasteiger partial charge in [0.2, 0.25) is 5.91 Å². The first-order valence-corrected chi connectivity index (χ1v) is 9.93. The molecule has 0 unspecified atom stereocenters. The van der Waals surface area contributed by atoms with Crippen LogP contribution >= 0.6 is 11.8 Å². The van der Waals surface area contributed by atoms with E-state index < -0.39 is 0 Å². The second kappa shape index (κ2) is 13.2. The standard InChI is InChI=1S/C19H28N2O4S/c1-3-9-18(23)25-14-26-17-11-6-5-10-16(17)19(24)21-13-8-4-7-12-20-15(2)22/h5-6,10-11H,3-4,7-9,12-14H2,1-2H3,(H,20,22)(H,21,24). The Labute approximate surface area is 159 Å². The van der Waals surface area contributed by atoms with Crippen LogP contribution in [0, 0.1) is 0 Å². The number of hydrogen-bond acceptors (Lipinski definition) is 5. The van der Waals surface area contributed by atoms with E-state index in [4.69, 9.17) is 4.74 Å².